The van der Waals surface area contributed by atoms with Crippen molar-refractivity contribution >= 4 is 17.4 Å². The topological polar surface area (TPSA) is 40.6 Å². The van der Waals surface area contributed by atoms with Crippen molar-refractivity contribution in [2.45, 2.75) is 64.2 Å². The first-order valence-electron chi connectivity index (χ1n) is 15.3. The summed E-state index contributed by atoms with van der Waals surface area (Å²) in [5.74, 6) is 0.174. The summed E-state index contributed by atoms with van der Waals surface area (Å²) >= 11 is 0. The Morgan fingerprint density at radius 3 is 1.68 bits per heavy atom. The van der Waals surface area contributed by atoms with Crippen molar-refractivity contribution in [2.75, 3.05) is 26.2 Å². The number of halogens is 2. The average Bonchev–Trinajstić information content (AvgIpc) is 3.22. The Morgan fingerprint density at radius 2 is 1.15 bits per heavy atom. The van der Waals surface area contributed by atoms with Crippen molar-refractivity contribution < 1.29 is 18.4 Å². The maximum Gasteiger partial charge on any atom is 0.233 e. The molecule has 0 radical (unpaired) electrons. The van der Waals surface area contributed by atoms with Crippen LogP contribution in [0.5, 0.6) is 0 Å². The smallest absolute Gasteiger partial charge is 0.233 e. The van der Waals surface area contributed by atoms with E-state index in [-0.39, 0.29) is 35.3 Å². The van der Waals surface area contributed by atoms with Gasteiger partial charge >= 0.3 is 0 Å². The van der Waals surface area contributed by atoms with Crippen LogP contribution in [0.15, 0.2) is 54.1 Å². The number of piperidine rings is 1. The monoisotopic (exact) mass is 546 g/mol. The zero-order valence-corrected chi connectivity index (χ0v) is 23.3. The van der Waals surface area contributed by atoms with E-state index in [1.165, 1.54) is 18.6 Å². The molecule has 0 spiro atoms. The van der Waals surface area contributed by atoms with Crippen LogP contribution in [0.1, 0.15) is 75.3 Å². The molecule has 0 N–H and O–H groups in total. The Hall–Kier alpha value is -2.86. The van der Waals surface area contributed by atoms with Gasteiger partial charge in [0.25, 0.3) is 0 Å². The first-order valence-corrected chi connectivity index (χ1v) is 15.3. The SMILES string of the molecule is O=C1C2CCCCC2C(=O)N1CC1CCCCC1CN1CCC(=C(c2ccccc2F)c2ccccc2F)CC1. The van der Waals surface area contributed by atoms with Crippen LogP contribution in [0.3, 0.4) is 0 Å². The number of carbonyl (C=O) groups is 2. The van der Waals surface area contributed by atoms with Gasteiger partial charge in [0, 0.05) is 37.3 Å². The summed E-state index contributed by atoms with van der Waals surface area (Å²) in [6, 6.07) is 13.3. The van der Waals surface area contributed by atoms with Crippen LogP contribution >= 0.6 is 0 Å². The molecule has 2 aromatic carbocycles. The van der Waals surface area contributed by atoms with E-state index in [9.17, 15) is 18.4 Å². The minimum absolute atomic E-state index is 0.0753. The minimum Gasteiger partial charge on any atom is -0.302 e. The van der Waals surface area contributed by atoms with E-state index in [4.69, 9.17) is 0 Å². The fourth-order valence-electron chi connectivity index (χ4n) is 7.85. The van der Waals surface area contributed by atoms with Crippen LogP contribution in [-0.4, -0.2) is 47.8 Å². The van der Waals surface area contributed by atoms with Gasteiger partial charge in [-0.3, -0.25) is 14.5 Å². The molecule has 212 valence electrons. The molecule has 40 heavy (non-hydrogen) atoms. The quantitative estimate of drug-likeness (QED) is 0.373. The summed E-state index contributed by atoms with van der Waals surface area (Å²) in [7, 11) is 0. The maximum absolute atomic E-state index is 14.9. The van der Waals surface area contributed by atoms with E-state index >= 15 is 0 Å². The molecule has 4 atom stereocenters. The van der Waals surface area contributed by atoms with Gasteiger partial charge in [0.1, 0.15) is 11.6 Å². The molecule has 2 aliphatic heterocycles. The molecule has 0 aromatic heterocycles. The molecule has 6 heteroatoms. The highest BCUT2D eigenvalue weighted by atomic mass is 19.1. The maximum atomic E-state index is 14.9. The van der Waals surface area contributed by atoms with Crippen molar-refractivity contribution in [1.82, 2.24) is 9.80 Å². The Labute approximate surface area is 236 Å². The van der Waals surface area contributed by atoms with Gasteiger partial charge in [-0.15, -0.1) is 0 Å². The minimum atomic E-state index is -0.327. The Kier molecular flexibility index (Phi) is 8.15. The average molecular weight is 547 g/mol. The fourth-order valence-corrected chi connectivity index (χ4v) is 7.85. The second-order valence-corrected chi connectivity index (χ2v) is 12.3. The number of amides is 2. The summed E-state index contributed by atoms with van der Waals surface area (Å²) in [6.45, 7) is 3.22. The molecule has 6 rings (SSSR count). The molecule has 0 bridgehead atoms. The number of likely N-dealkylation sites (tertiary alicyclic amines) is 2. The number of imide groups is 1. The zero-order chi connectivity index (χ0) is 27.6. The van der Waals surface area contributed by atoms with E-state index in [1.54, 1.807) is 29.2 Å². The number of fused-ring (bicyclic) bond motifs is 1. The van der Waals surface area contributed by atoms with Gasteiger partial charge in [0.15, 0.2) is 0 Å². The summed E-state index contributed by atoms with van der Waals surface area (Å²) in [5, 5.41) is 0. The van der Waals surface area contributed by atoms with Gasteiger partial charge in [0.05, 0.1) is 11.8 Å². The molecule has 2 aliphatic carbocycles. The summed E-state index contributed by atoms with van der Waals surface area (Å²) in [4.78, 5) is 30.4. The van der Waals surface area contributed by atoms with E-state index < -0.39 is 0 Å². The zero-order valence-electron chi connectivity index (χ0n) is 23.3. The largest absolute Gasteiger partial charge is 0.302 e. The summed E-state index contributed by atoms with van der Waals surface area (Å²) < 4.78 is 29.9. The van der Waals surface area contributed by atoms with Crippen LogP contribution < -0.4 is 0 Å². The number of carbonyl (C=O) groups excluding carboxylic acids is 2. The highest BCUT2D eigenvalue weighted by molar-refractivity contribution is 6.05. The molecule has 4 nitrogen and oxygen atoms in total. The second kappa shape index (κ2) is 11.9. The molecule has 4 aliphatic rings. The van der Waals surface area contributed by atoms with Crippen LogP contribution in [0.4, 0.5) is 8.78 Å². The lowest BCUT2D eigenvalue weighted by atomic mass is 9.78. The molecule has 4 unspecified atom stereocenters. The molecule has 4 fully saturated rings. The lowest BCUT2D eigenvalue weighted by molar-refractivity contribution is -0.141. The van der Waals surface area contributed by atoms with Gasteiger partial charge in [0.2, 0.25) is 11.8 Å². The van der Waals surface area contributed by atoms with Crippen molar-refractivity contribution in [3.05, 3.63) is 76.9 Å². The highest BCUT2D eigenvalue weighted by Crippen LogP contribution is 2.41. The molecule has 2 saturated heterocycles. The molecule has 2 heterocycles. The third-order valence-corrected chi connectivity index (χ3v) is 10.0. The van der Waals surface area contributed by atoms with Gasteiger partial charge in [-0.1, -0.05) is 67.7 Å². The van der Waals surface area contributed by atoms with Crippen LogP contribution in [0, 0.1) is 35.3 Å². The van der Waals surface area contributed by atoms with Gasteiger partial charge in [-0.25, -0.2) is 8.78 Å². The van der Waals surface area contributed by atoms with E-state index in [1.807, 2.05) is 12.1 Å². The van der Waals surface area contributed by atoms with Crippen LogP contribution in [-0.2, 0) is 9.59 Å². The molecular weight excluding hydrogens is 506 g/mol. The Morgan fingerprint density at radius 1 is 0.675 bits per heavy atom. The number of benzene rings is 2. The second-order valence-electron chi connectivity index (χ2n) is 12.3. The van der Waals surface area contributed by atoms with E-state index in [0.29, 0.717) is 35.1 Å². The van der Waals surface area contributed by atoms with E-state index in [0.717, 1.165) is 83.0 Å². The fraction of sp³-hybridized carbons (Fsp3) is 0.529. The van der Waals surface area contributed by atoms with E-state index in [2.05, 4.69) is 4.90 Å². The Balaban J connectivity index is 1.15. The van der Waals surface area contributed by atoms with Crippen molar-refractivity contribution in [1.29, 1.82) is 0 Å². The highest BCUT2D eigenvalue weighted by Gasteiger charge is 2.49. The lowest BCUT2D eigenvalue weighted by Gasteiger charge is -2.39. The normalized spacial score (nSPS) is 27.6. The molecule has 2 saturated carbocycles. The van der Waals surface area contributed by atoms with Gasteiger partial charge in [-0.05, 0) is 68.1 Å². The molecule has 2 amide bonds. The summed E-state index contributed by atoms with van der Waals surface area (Å²) in [6.07, 6.45) is 9.93. The number of hydrogen-bond donors (Lipinski definition) is 0. The molecule has 2 aromatic rings. The Bertz CT molecular complexity index is 1210. The van der Waals surface area contributed by atoms with Crippen molar-refractivity contribution in [3.8, 4) is 0 Å². The predicted octanol–water partition coefficient (Wildman–Crippen LogP) is 6.84. The number of hydrogen-bond acceptors (Lipinski definition) is 3. The van der Waals surface area contributed by atoms with Crippen molar-refractivity contribution in [2.24, 2.45) is 23.7 Å². The first-order chi connectivity index (χ1) is 19.5. The standard InChI is InChI=1S/C34H40F2N2O2/c35-30-15-7-5-13-28(30)32(29-14-6-8-16-31(29)36)23-17-19-37(20-18-23)21-24-9-1-2-10-25(24)22-38-33(39)26-11-3-4-12-27(26)34(38)40/h5-8,13-16,24-27H,1-4,9-12,17-22H2. The lowest BCUT2D eigenvalue weighted by Crippen LogP contribution is -2.43. The number of rotatable bonds is 6. The van der Waals surface area contributed by atoms with Gasteiger partial charge in [-0.2, -0.15) is 0 Å². The number of nitrogens with zero attached hydrogens (tertiary/aromatic N) is 2. The van der Waals surface area contributed by atoms with Crippen LogP contribution in [0.2, 0.25) is 0 Å². The first kappa shape index (κ1) is 27.3. The van der Waals surface area contributed by atoms with Gasteiger partial charge < -0.3 is 4.90 Å². The van der Waals surface area contributed by atoms with Crippen LogP contribution in [0.25, 0.3) is 5.57 Å². The third-order valence-electron chi connectivity index (χ3n) is 10.0. The summed E-state index contributed by atoms with van der Waals surface area (Å²) in [5.41, 5.74) is 2.72. The van der Waals surface area contributed by atoms with Crippen molar-refractivity contribution in [3.63, 3.8) is 0 Å². The third kappa shape index (κ3) is 5.39. The molecular formula is C34H40F2N2O2. The predicted molar refractivity (Wildman–Crippen MR) is 152 cm³/mol.